The Kier molecular flexibility index (Phi) is 5.88. The van der Waals surface area contributed by atoms with Crippen LogP contribution in [-0.2, 0) is 6.54 Å². The highest BCUT2D eigenvalue weighted by molar-refractivity contribution is 9.10. The predicted octanol–water partition coefficient (Wildman–Crippen LogP) is 4.78. The molecule has 8 heteroatoms. The van der Waals surface area contributed by atoms with E-state index in [0.29, 0.717) is 17.1 Å². The normalized spacial score (nSPS) is 10.4. The van der Waals surface area contributed by atoms with E-state index >= 15 is 0 Å². The Morgan fingerprint density at radius 2 is 2.04 bits per heavy atom. The van der Waals surface area contributed by atoms with Gasteiger partial charge in [-0.3, -0.25) is 4.79 Å². The molecule has 1 aromatic carbocycles. The summed E-state index contributed by atoms with van der Waals surface area (Å²) in [6.45, 7) is 2.34. The molecule has 0 unspecified atom stereocenters. The number of benzene rings is 1. The van der Waals surface area contributed by atoms with Crippen LogP contribution >= 0.6 is 27.3 Å². The van der Waals surface area contributed by atoms with Crippen LogP contribution in [-0.4, -0.2) is 22.0 Å². The van der Waals surface area contributed by atoms with Crippen LogP contribution in [0.2, 0.25) is 0 Å². The molecule has 0 saturated heterocycles. The van der Waals surface area contributed by atoms with Crippen LogP contribution in [0.1, 0.15) is 31.3 Å². The van der Waals surface area contributed by atoms with Crippen molar-refractivity contribution in [1.29, 1.82) is 0 Å². The number of amides is 1. The first-order valence-electron chi connectivity index (χ1n) is 8.01. The minimum atomic E-state index is -1.07. The summed E-state index contributed by atoms with van der Waals surface area (Å²) in [6, 6.07) is 10.7. The summed E-state index contributed by atoms with van der Waals surface area (Å²) in [5, 5.41) is 16.9. The number of aromatic carboxylic acids is 1. The maximum atomic E-state index is 12.6. The molecule has 0 saturated carbocycles. The van der Waals surface area contributed by atoms with Gasteiger partial charge in [-0.2, -0.15) is 0 Å². The van der Waals surface area contributed by atoms with E-state index in [1.54, 1.807) is 6.07 Å². The van der Waals surface area contributed by atoms with Crippen molar-refractivity contribution >= 4 is 50.5 Å². The van der Waals surface area contributed by atoms with Crippen molar-refractivity contribution in [2.24, 2.45) is 0 Å². The molecule has 3 aromatic rings. The van der Waals surface area contributed by atoms with Gasteiger partial charge in [-0.05, 0) is 59.8 Å². The number of carboxylic acid groups (broad SMARTS) is 1. The number of rotatable bonds is 6. The number of carbonyl (C=O) groups is 2. The zero-order valence-corrected chi connectivity index (χ0v) is 16.7. The van der Waals surface area contributed by atoms with Crippen molar-refractivity contribution in [3.05, 3.63) is 74.1 Å². The Labute approximate surface area is 168 Å². The number of aromatic nitrogens is 1. The van der Waals surface area contributed by atoms with Gasteiger partial charge in [0.1, 0.15) is 10.6 Å². The summed E-state index contributed by atoms with van der Waals surface area (Å²) in [4.78, 5) is 28.0. The van der Waals surface area contributed by atoms with Gasteiger partial charge in [0.2, 0.25) is 0 Å². The molecule has 138 valence electrons. The first-order valence-corrected chi connectivity index (χ1v) is 9.68. The lowest BCUT2D eigenvalue weighted by atomic mass is 10.2. The SMILES string of the molecule is Cc1cc(NC(=O)c2sccc2NCc2ccnc(C(=O)O)c2)ccc1Br. The third kappa shape index (κ3) is 4.72. The molecule has 0 radical (unpaired) electrons. The fourth-order valence-corrected chi connectivity index (χ4v) is 3.45. The van der Waals surface area contributed by atoms with Crippen LogP contribution in [0, 0.1) is 6.92 Å². The smallest absolute Gasteiger partial charge is 0.354 e. The van der Waals surface area contributed by atoms with Crippen molar-refractivity contribution in [1.82, 2.24) is 4.98 Å². The fourth-order valence-electron chi connectivity index (χ4n) is 2.43. The molecule has 0 aliphatic carbocycles. The molecule has 6 nitrogen and oxygen atoms in total. The van der Waals surface area contributed by atoms with Crippen molar-refractivity contribution < 1.29 is 14.7 Å². The number of nitrogens with zero attached hydrogens (tertiary/aromatic N) is 1. The van der Waals surface area contributed by atoms with E-state index in [2.05, 4.69) is 31.5 Å². The van der Waals surface area contributed by atoms with Gasteiger partial charge >= 0.3 is 5.97 Å². The van der Waals surface area contributed by atoms with Crippen LogP contribution in [0.3, 0.4) is 0 Å². The molecule has 3 rings (SSSR count). The highest BCUT2D eigenvalue weighted by Gasteiger charge is 2.14. The number of halogens is 1. The van der Waals surface area contributed by atoms with Crippen molar-refractivity contribution in [3.8, 4) is 0 Å². The summed E-state index contributed by atoms with van der Waals surface area (Å²) in [6.07, 6.45) is 1.46. The minimum Gasteiger partial charge on any atom is -0.477 e. The lowest BCUT2D eigenvalue weighted by Gasteiger charge is -2.10. The molecule has 3 N–H and O–H groups in total. The third-order valence-corrected chi connectivity index (χ3v) is 5.62. The number of pyridine rings is 1. The number of hydrogen-bond donors (Lipinski definition) is 3. The van der Waals surface area contributed by atoms with Crippen LogP contribution in [0.25, 0.3) is 0 Å². The molecule has 0 fully saturated rings. The molecule has 0 aliphatic heterocycles. The summed E-state index contributed by atoms with van der Waals surface area (Å²) >= 11 is 4.78. The van der Waals surface area contributed by atoms with Gasteiger partial charge in [-0.15, -0.1) is 11.3 Å². The number of carbonyl (C=O) groups excluding carboxylic acids is 1. The number of thiophene rings is 1. The van der Waals surface area contributed by atoms with Crippen molar-refractivity contribution in [3.63, 3.8) is 0 Å². The van der Waals surface area contributed by atoms with E-state index in [9.17, 15) is 9.59 Å². The second-order valence-electron chi connectivity index (χ2n) is 5.79. The van der Waals surface area contributed by atoms with E-state index in [0.717, 1.165) is 21.3 Å². The summed E-state index contributed by atoms with van der Waals surface area (Å²) in [5.74, 6) is -1.27. The van der Waals surface area contributed by atoms with Gasteiger partial charge in [0.05, 0.1) is 5.69 Å². The van der Waals surface area contributed by atoms with Gasteiger partial charge in [0.25, 0.3) is 5.91 Å². The minimum absolute atomic E-state index is 0.0109. The molecular formula is C19H16BrN3O3S. The summed E-state index contributed by atoms with van der Waals surface area (Å²) < 4.78 is 0.983. The molecule has 27 heavy (non-hydrogen) atoms. The zero-order valence-electron chi connectivity index (χ0n) is 14.3. The summed E-state index contributed by atoms with van der Waals surface area (Å²) in [5.41, 5.74) is 3.20. The Bertz CT molecular complexity index is 1000. The van der Waals surface area contributed by atoms with E-state index in [1.807, 2.05) is 36.6 Å². The molecule has 0 aliphatic rings. The van der Waals surface area contributed by atoms with E-state index < -0.39 is 5.97 Å². The Balaban J connectivity index is 1.70. The Hall–Kier alpha value is -2.71. The van der Waals surface area contributed by atoms with Gasteiger partial charge in [-0.1, -0.05) is 15.9 Å². The Morgan fingerprint density at radius 3 is 2.78 bits per heavy atom. The van der Waals surface area contributed by atoms with Crippen molar-refractivity contribution in [2.45, 2.75) is 13.5 Å². The Morgan fingerprint density at radius 1 is 1.22 bits per heavy atom. The predicted molar refractivity (Wildman–Crippen MR) is 110 cm³/mol. The second-order valence-corrected chi connectivity index (χ2v) is 7.56. The van der Waals surface area contributed by atoms with Crippen LogP contribution in [0.5, 0.6) is 0 Å². The second kappa shape index (κ2) is 8.32. The maximum Gasteiger partial charge on any atom is 0.354 e. The van der Waals surface area contributed by atoms with Gasteiger partial charge in [-0.25, -0.2) is 9.78 Å². The highest BCUT2D eigenvalue weighted by Crippen LogP contribution is 2.26. The average molecular weight is 446 g/mol. The lowest BCUT2D eigenvalue weighted by Crippen LogP contribution is -2.13. The zero-order chi connectivity index (χ0) is 19.4. The van der Waals surface area contributed by atoms with E-state index in [-0.39, 0.29) is 11.6 Å². The van der Waals surface area contributed by atoms with Crippen molar-refractivity contribution in [2.75, 3.05) is 10.6 Å². The quantitative estimate of drug-likeness (QED) is 0.507. The number of carboxylic acids is 1. The molecule has 2 heterocycles. The molecule has 0 bridgehead atoms. The van der Waals surface area contributed by atoms with Crippen LogP contribution in [0.4, 0.5) is 11.4 Å². The number of anilines is 2. The standard InChI is InChI=1S/C19H16BrN3O3S/c1-11-8-13(2-3-14(11)20)23-18(24)17-15(5-7-27-17)22-10-12-4-6-21-16(9-12)19(25)26/h2-9,22H,10H2,1H3,(H,23,24)(H,25,26). The molecule has 1 amide bonds. The maximum absolute atomic E-state index is 12.6. The fraction of sp³-hybridized carbons (Fsp3) is 0.105. The molecular weight excluding hydrogens is 430 g/mol. The van der Waals surface area contributed by atoms with Gasteiger partial charge < -0.3 is 15.7 Å². The van der Waals surface area contributed by atoms with Crippen LogP contribution < -0.4 is 10.6 Å². The average Bonchev–Trinajstić information content (AvgIpc) is 3.12. The van der Waals surface area contributed by atoms with Gasteiger partial charge in [0, 0.05) is 22.9 Å². The summed E-state index contributed by atoms with van der Waals surface area (Å²) in [7, 11) is 0. The number of nitrogens with one attached hydrogen (secondary N) is 2. The highest BCUT2D eigenvalue weighted by atomic mass is 79.9. The molecule has 0 atom stereocenters. The first kappa shape index (κ1) is 19.1. The number of aryl methyl sites for hydroxylation is 1. The lowest BCUT2D eigenvalue weighted by molar-refractivity contribution is 0.0690. The molecule has 0 spiro atoms. The third-order valence-electron chi connectivity index (χ3n) is 3.81. The molecule has 2 aromatic heterocycles. The topological polar surface area (TPSA) is 91.3 Å². The van der Waals surface area contributed by atoms with E-state index in [4.69, 9.17) is 5.11 Å². The largest absolute Gasteiger partial charge is 0.477 e. The van der Waals surface area contributed by atoms with Crippen LogP contribution in [0.15, 0.2) is 52.4 Å². The van der Waals surface area contributed by atoms with Gasteiger partial charge in [0.15, 0.2) is 0 Å². The number of hydrogen-bond acceptors (Lipinski definition) is 5. The first-order chi connectivity index (χ1) is 12.9. The van der Waals surface area contributed by atoms with E-state index in [1.165, 1.54) is 23.6 Å². The monoisotopic (exact) mass is 445 g/mol.